The number of carbonyl (C=O) groups is 1. The number of aromatic nitrogens is 1. The Morgan fingerprint density at radius 3 is 2.70 bits per heavy atom. The van der Waals surface area contributed by atoms with E-state index in [0.29, 0.717) is 25.9 Å². The van der Waals surface area contributed by atoms with Crippen LogP contribution in [-0.2, 0) is 21.4 Å². The van der Waals surface area contributed by atoms with Crippen LogP contribution in [0.4, 0.5) is 4.39 Å². The summed E-state index contributed by atoms with van der Waals surface area (Å²) in [6.45, 7) is 0.868. The number of para-hydroxylation sites is 1. The van der Waals surface area contributed by atoms with Crippen molar-refractivity contribution in [3.63, 3.8) is 0 Å². The summed E-state index contributed by atoms with van der Waals surface area (Å²) in [5, 5.41) is 0.846. The lowest BCUT2D eigenvalue weighted by atomic mass is 9.98. The van der Waals surface area contributed by atoms with Gasteiger partial charge in [-0.1, -0.05) is 12.1 Å². The molecule has 1 aromatic heterocycles. The number of fused-ring (bicyclic) bond motifs is 1. The average Bonchev–Trinajstić information content (AvgIpc) is 3.16. The quantitative estimate of drug-likeness (QED) is 0.600. The molecule has 9 heteroatoms. The fourth-order valence-electron chi connectivity index (χ4n) is 3.70. The zero-order chi connectivity index (χ0) is 21.3. The van der Waals surface area contributed by atoms with Crippen LogP contribution in [0.1, 0.15) is 17.8 Å². The van der Waals surface area contributed by atoms with E-state index in [1.54, 1.807) is 23.3 Å². The molecule has 30 heavy (non-hydrogen) atoms. The first kappa shape index (κ1) is 20.9. The van der Waals surface area contributed by atoms with Crippen molar-refractivity contribution in [2.75, 3.05) is 20.1 Å². The topological polar surface area (TPSA) is 70.6 Å². The monoisotopic (exact) mass is 447 g/mol. The van der Waals surface area contributed by atoms with E-state index in [1.807, 2.05) is 24.3 Å². The summed E-state index contributed by atoms with van der Waals surface area (Å²) in [7, 11) is -2.04. The van der Waals surface area contributed by atoms with E-state index < -0.39 is 21.8 Å². The van der Waals surface area contributed by atoms with Gasteiger partial charge in [0.1, 0.15) is 10.8 Å². The Kier molecular flexibility index (Phi) is 5.86. The molecular formula is C21H22FN3O3S2. The standard InChI is InChI=1S/C21H22FN3O3S2/c1-24(14-20-23-18-6-2-3-7-19(18)29-20)21(26)15-5-4-12-25(13-15)30(27,28)17-10-8-16(22)9-11-17/h2-3,6-11,15H,4-5,12-14H2,1H3/t15-/m0/s1. The Hall–Kier alpha value is -2.36. The molecule has 0 bridgehead atoms. The molecule has 0 N–H and O–H groups in total. The minimum absolute atomic E-state index is 0.0415. The van der Waals surface area contributed by atoms with Crippen LogP contribution in [-0.4, -0.2) is 48.7 Å². The van der Waals surface area contributed by atoms with Gasteiger partial charge in [-0.3, -0.25) is 4.79 Å². The van der Waals surface area contributed by atoms with Crippen molar-refractivity contribution in [3.8, 4) is 0 Å². The molecule has 2 aromatic carbocycles. The van der Waals surface area contributed by atoms with Crippen molar-refractivity contribution >= 4 is 37.5 Å². The summed E-state index contributed by atoms with van der Waals surface area (Å²) < 4.78 is 41.4. The maximum absolute atomic E-state index is 13.2. The molecule has 0 aliphatic carbocycles. The Labute approximate surface area is 179 Å². The molecule has 1 fully saturated rings. The second-order valence-electron chi connectivity index (χ2n) is 7.43. The maximum atomic E-state index is 13.2. The van der Waals surface area contributed by atoms with E-state index in [2.05, 4.69) is 4.98 Å². The Balaban J connectivity index is 1.45. The van der Waals surface area contributed by atoms with Crippen molar-refractivity contribution in [1.29, 1.82) is 0 Å². The number of carbonyl (C=O) groups excluding carboxylic acids is 1. The predicted octanol–water partition coefficient (Wildman–Crippen LogP) is 3.49. The van der Waals surface area contributed by atoms with Gasteiger partial charge < -0.3 is 4.90 Å². The molecule has 3 aromatic rings. The molecule has 1 saturated heterocycles. The van der Waals surface area contributed by atoms with Crippen LogP contribution < -0.4 is 0 Å². The number of nitrogens with zero attached hydrogens (tertiary/aromatic N) is 3. The lowest BCUT2D eigenvalue weighted by Crippen LogP contribution is -2.45. The van der Waals surface area contributed by atoms with Gasteiger partial charge in [0.05, 0.1) is 27.6 Å². The fraction of sp³-hybridized carbons (Fsp3) is 0.333. The van der Waals surface area contributed by atoms with Gasteiger partial charge in [-0.05, 0) is 49.2 Å². The predicted molar refractivity (Wildman–Crippen MR) is 114 cm³/mol. The third-order valence-corrected chi connectivity index (χ3v) is 8.17. The first-order valence-electron chi connectivity index (χ1n) is 9.70. The third-order valence-electron chi connectivity index (χ3n) is 5.27. The summed E-state index contributed by atoms with van der Waals surface area (Å²) in [6.07, 6.45) is 1.24. The molecule has 0 radical (unpaired) electrons. The Bertz CT molecular complexity index is 1130. The van der Waals surface area contributed by atoms with Crippen LogP contribution in [0.2, 0.25) is 0 Å². The number of piperidine rings is 1. The summed E-state index contributed by atoms with van der Waals surface area (Å²) in [4.78, 5) is 19.2. The summed E-state index contributed by atoms with van der Waals surface area (Å²) in [5.74, 6) is -0.987. The number of amides is 1. The minimum atomic E-state index is -3.76. The molecule has 2 heterocycles. The van der Waals surface area contributed by atoms with E-state index in [1.165, 1.54) is 16.4 Å². The lowest BCUT2D eigenvalue weighted by Gasteiger charge is -2.33. The van der Waals surface area contributed by atoms with Gasteiger partial charge in [-0.2, -0.15) is 4.31 Å². The van der Waals surface area contributed by atoms with Crippen molar-refractivity contribution in [1.82, 2.24) is 14.2 Å². The highest BCUT2D eigenvalue weighted by molar-refractivity contribution is 7.89. The van der Waals surface area contributed by atoms with Crippen molar-refractivity contribution in [2.45, 2.75) is 24.3 Å². The maximum Gasteiger partial charge on any atom is 0.243 e. The van der Waals surface area contributed by atoms with E-state index in [0.717, 1.165) is 27.4 Å². The van der Waals surface area contributed by atoms with Crippen LogP contribution in [0.25, 0.3) is 10.2 Å². The van der Waals surface area contributed by atoms with Crippen molar-refractivity contribution < 1.29 is 17.6 Å². The van der Waals surface area contributed by atoms with Gasteiger partial charge in [0.15, 0.2) is 0 Å². The highest BCUT2D eigenvalue weighted by Crippen LogP contribution is 2.27. The fourth-order valence-corrected chi connectivity index (χ4v) is 6.24. The van der Waals surface area contributed by atoms with E-state index in [9.17, 15) is 17.6 Å². The zero-order valence-corrected chi connectivity index (χ0v) is 18.1. The number of hydrogen-bond acceptors (Lipinski definition) is 5. The van der Waals surface area contributed by atoms with Crippen molar-refractivity contribution in [3.05, 3.63) is 59.4 Å². The number of sulfonamides is 1. The molecule has 4 rings (SSSR count). The number of rotatable bonds is 5. The van der Waals surface area contributed by atoms with Gasteiger partial charge in [-0.15, -0.1) is 11.3 Å². The van der Waals surface area contributed by atoms with E-state index in [-0.39, 0.29) is 17.3 Å². The highest BCUT2D eigenvalue weighted by Gasteiger charge is 2.34. The van der Waals surface area contributed by atoms with E-state index >= 15 is 0 Å². The number of benzene rings is 2. The molecule has 0 spiro atoms. The SMILES string of the molecule is CN(Cc1nc2ccccc2s1)C(=O)[C@H]1CCCN(S(=O)(=O)c2ccc(F)cc2)C1. The Morgan fingerprint density at radius 1 is 1.23 bits per heavy atom. The molecule has 1 aliphatic rings. The molecule has 1 atom stereocenters. The number of thiazole rings is 1. The largest absolute Gasteiger partial charge is 0.339 e. The second-order valence-corrected chi connectivity index (χ2v) is 10.5. The first-order valence-corrected chi connectivity index (χ1v) is 12.0. The molecule has 158 valence electrons. The average molecular weight is 448 g/mol. The second kappa shape index (κ2) is 8.41. The van der Waals surface area contributed by atoms with Gasteiger partial charge in [-0.25, -0.2) is 17.8 Å². The van der Waals surface area contributed by atoms with Gasteiger partial charge in [0, 0.05) is 20.1 Å². The summed E-state index contributed by atoms with van der Waals surface area (Å²) >= 11 is 1.55. The summed E-state index contributed by atoms with van der Waals surface area (Å²) in [5.41, 5.74) is 0.910. The van der Waals surface area contributed by atoms with Gasteiger partial charge >= 0.3 is 0 Å². The van der Waals surface area contributed by atoms with E-state index in [4.69, 9.17) is 0 Å². The molecule has 0 unspecified atom stereocenters. The molecule has 1 amide bonds. The van der Waals surface area contributed by atoms with Crippen LogP contribution in [0, 0.1) is 11.7 Å². The van der Waals surface area contributed by atoms with Crippen molar-refractivity contribution in [2.24, 2.45) is 5.92 Å². The molecular weight excluding hydrogens is 425 g/mol. The van der Waals surface area contributed by atoms with Gasteiger partial charge in [0.2, 0.25) is 15.9 Å². The normalized spacial score (nSPS) is 17.9. The lowest BCUT2D eigenvalue weighted by molar-refractivity contribution is -0.135. The van der Waals surface area contributed by atoms with Crippen LogP contribution in [0.5, 0.6) is 0 Å². The third kappa shape index (κ3) is 4.23. The molecule has 6 nitrogen and oxygen atoms in total. The first-order chi connectivity index (χ1) is 14.3. The highest BCUT2D eigenvalue weighted by atomic mass is 32.2. The number of hydrogen-bond donors (Lipinski definition) is 0. The minimum Gasteiger partial charge on any atom is -0.339 e. The smallest absolute Gasteiger partial charge is 0.243 e. The van der Waals surface area contributed by atoms with Crippen LogP contribution >= 0.6 is 11.3 Å². The summed E-state index contributed by atoms with van der Waals surface area (Å²) in [6, 6.07) is 12.6. The Morgan fingerprint density at radius 2 is 1.97 bits per heavy atom. The molecule has 0 saturated carbocycles. The van der Waals surface area contributed by atoms with Gasteiger partial charge in [0.25, 0.3) is 0 Å². The van der Waals surface area contributed by atoms with Crippen LogP contribution in [0.15, 0.2) is 53.4 Å². The molecule has 1 aliphatic heterocycles. The number of halogens is 1. The zero-order valence-electron chi connectivity index (χ0n) is 16.5. The van der Waals surface area contributed by atoms with Crippen LogP contribution in [0.3, 0.4) is 0 Å².